The second kappa shape index (κ2) is 8.85. The third kappa shape index (κ3) is 5.48. The number of carbonyl (C=O) groups excluding carboxylic acids is 1. The molecule has 126 valence electrons. The fourth-order valence-corrected chi connectivity index (χ4v) is 2.78. The number of benzene rings is 1. The Kier molecular flexibility index (Phi) is 6.81. The Morgan fingerprint density at radius 1 is 1.30 bits per heavy atom. The van der Waals surface area contributed by atoms with Crippen molar-refractivity contribution in [3.05, 3.63) is 47.0 Å². The highest BCUT2D eigenvalue weighted by Gasteiger charge is 2.10. The first-order chi connectivity index (χ1) is 11.1. The fourth-order valence-electron chi connectivity index (χ4n) is 2.78. The highest BCUT2D eigenvalue weighted by atomic mass is 16.1. The largest absolute Gasteiger partial charge is 0.348 e. The molecule has 0 spiro atoms. The lowest BCUT2D eigenvalue weighted by Gasteiger charge is -2.24. The van der Waals surface area contributed by atoms with E-state index in [9.17, 15) is 4.79 Å². The Bertz CT molecular complexity index is 534. The molecule has 1 aliphatic rings. The van der Waals surface area contributed by atoms with Gasteiger partial charge in [0.05, 0.1) is 0 Å². The predicted molar refractivity (Wildman–Crippen MR) is 95.6 cm³/mol. The van der Waals surface area contributed by atoms with Crippen molar-refractivity contribution in [2.75, 3.05) is 26.2 Å². The van der Waals surface area contributed by atoms with Crippen molar-refractivity contribution in [1.29, 1.82) is 0 Å². The standard InChI is InChI=1S/C19H29N3O/c1-4-22(15(2)3)14-17-5-7-18(8-6-17)19(23)21-13-16-9-11-20-12-10-16/h5-9,15,20H,4,10-14H2,1-3H3,(H,21,23). The van der Waals surface area contributed by atoms with Gasteiger partial charge in [-0.1, -0.05) is 30.7 Å². The molecule has 23 heavy (non-hydrogen) atoms. The van der Waals surface area contributed by atoms with Crippen LogP contribution < -0.4 is 10.6 Å². The van der Waals surface area contributed by atoms with E-state index in [1.54, 1.807) is 0 Å². The Morgan fingerprint density at radius 3 is 2.61 bits per heavy atom. The summed E-state index contributed by atoms with van der Waals surface area (Å²) in [6.45, 7) is 11.1. The molecule has 1 amide bonds. The molecule has 0 aliphatic carbocycles. The number of nitrogens with zero attached hydrogens (tertiary/aromatic N) is 1. The molecule has 0 atom stereocenters. The van der Waals surface area contributed by atoms with E-state index in [4.69, 9.17) is 0 Å². The van der Waals surface area contributed by atoms with Crippen molar-refractivity contribution >= 4 is 5.91 Å². The number of hydrogen-bond acceptors (Lipinski definition) is 3. The number of hydrogen-bond donors (Lipinski definition) is 2. The smallest absolute Gasteiger partial charge is 0.251 e. The maximum Gasteiger partial charge on any atom is 0.251 e. The third-order valence-electron chi connectivity index (χ3n) is 4.37. The van der Waals surface area contributed by atoms with Gasteiger partial charge in [0.2, 0.25) is 0 Å². The molecule has 1 aromatic rings. The summed E-state index contributed by atoms with van der Waals surface area (Å²) < 4.78 is 0. The summed E-state index contributed by atoms with van der Waals surface area (Å²) >= 11 is 0. The first-order valence-corrected chi connectivity index (χ1v) is 8.60. The minimum absolute atomic E-state index is 0.00666. The maximum atomic E-state index is 12.2. The average Bonchev–Trinajstić information content (AvgIpc) is 2.58. The van der Waals surface area contributed by atoms with Gasteiger partial charge in [0.25, 0.3) is 5.91 Å². The molecule has 0 aromatic heterocycles. The van der Waals surface area contributed by atoms with Gasteiger partial charge >= 0.3 is 0 Å². The van der Waals surface area contributed by atoms with Crippen LogP contribution >= 0.6 is 0 Å². The quantitative estimate of drug-likeness (QED) is 0.760. The van der Waals surface area contributed by atoms with Gasteiger partial charge in [-0.15, -0.1) is 0 Å². The molecular formula is C19H29N3O. The van der Waals surface area contributed by atoms with Crippen molar-refractivity contribution in [2.24, 2.45) is 0 Å². The lowest BCUT2D eigenvalue weighted by atomic mass is 10.1. The van der Waals surface area contributed by atoms with Crippen LogP contribution in [0.3, 0.4) is 0 Å². The van der Waals surface area contributed by atoms with E-state index in [1.807, 2.05) is 12.1 Å². The first kappa shape index (κ1) is 17.7. The average molecular weight is 315 g/mol. The lowest BCUT2D eigenvalue weighted by Crippen LogP contribution is -2.30. The Balaban J connectivity index is 1.88. The highest BCUT2D eigenvalue weighted by Crippen LogP contribution is 2.10. The van der Waals surface area contributed by atoms with E-state index < -0.39 is 0 Å². The molecule has 0 saturated carbocycles. The normalized spacial score (nSPS) is 14.9. The number of nitrogens with one attached hydrogen (secondary N) is 2. The maximum absolute atomic E-state index is 12.2. The van der Waals surface area contributed by atoms with Gasteiger partial charge in [0.1, 0.15) is 0 Å². The second-order valence-electron chi connectivity index (χ2n) is 6.35. The van der Waals surface area contributed by atoms with Crippen molar-refractivity contribution in [3.63, 3.8) is 0 Å². The molecule has 4 nitrogen and oxygen atoms in total. The topological polar surface area (TPSA) is 44.4 Å². The van der Waals surface area contributed by atoms with Crippen molar-refractivity contribution in [2.45, 2.75) is 39.8 Å². The van der Waals surface area contributed by atoms with Crippen LogP contribution in [0.25, 0.3) is 0 Å². The van der Waals surface area contributed by atoms with Gasteiger partial charge in [0.15, 0.2) is 0 Å². The number of amides is 1. The predicted octanol–water partition coefficient (Wildman–Crippen LogP) is 2.57. The van der Waals surface area contributed by atoms with E-state index >= 15 is 0 Å². The summed E-state index contributed by atoms with van der Waals surface area (Å²) in [4.78, 5) is 14.6. The monoisotopic (exact) mass is 315 g/mol. The Labute approximate surface area is 140 Å². The molecular weight excluding hydrogens is 286 g/mol. The summed E-state index contributed by atoms with van der Waals surface area (Å²) in [7, 11) is 0. The molecule has 0 saturated heterocycles. The van der Waals surface area contributed by atoms with Crippen LogP contribution in [0.5, 0.6) is 0 Å². The molecule has 0 fully saturated rings. The zero-order valence-corrected chi connectivity index (χ0v) is 14.6. The van der Waals surface area contributed by atoms with Gasteiger partial charge in [-0.3, -0.25) is 9.69 Å². The number of carbonyl (C=O) groups is 1. The highest BCUT2D eigenvalue weighted by molar-refractivity contribution is 5.94. The first-order valence-electron chi connectivity index (χ1n) is 8.60. The zero-order valence-electron chi connectivity index (χ0n) is 14.6. The Hall–Kier alpha value is -1.65. The van der Waals surface area contributed by atoms with Crippen LogP contribution in [-0.4, -0.2) is 43.0 Å². The van der Waals surface area contributed by atoms with Crippen LogP contribution in [0.15, 0.2) is 35.9 Å². The van der Waals surface area contributed by atoms with Gasteiger partial charge in [-0.05, 0) is 51.1 Å². The molecule has 0 bridgehead atoms. The van der Waals surface area contributed by atoms with Crippen molar-refractivity contribution in [1.82, 2.24) is 15.5 Å². The van der Waals surface area contributed by atoms with Gasteiger partial charge < -0.3 is 10.6 Å². The van der Waals surface area contributed by atoms with E-state index in [-0.39, 0.29) is 5.91 Å². The van der Waals surface area contributed by atoms with Gasteiger partial charge in [0, 0.05) is 31.2 Å². The van der Waals surface area contributed by atoms with Gasteiger partial charge in [-0.25, -0.2) is 0 Å². The summed E-state index contributed by atoms with van der Waals surface area (Å²) in [5, 5.41) is 6.29. The van der Waals surface area contributed by atoms with E-state index in [0.29, 0.717) is 12.6 Å². The molecule has 2 rings (SSSR count). The second-order valence-corrected chi connectivity index (χ2v) is 6.35. The summed E-state index contributed by atoms with van der Waals surface area (Å²) in [5.74, 6) is 0.00666. The van der Waals surface area contributed by atoms with Crippen LogP contribution in [0.4, 0.5) is 0 Å². The van der Waals surface area contributed by atoms with E-state index in [1.165, 1.54) is 11.1 Å². The van der Waals surface area contributed by atoms with E-state index in [0.717, 1.165) is 38.2 Å². The summed E-state index contributed by atoms with van der Waals surface area (Å²) in [5.41, 5.74) is 3.29. The minimum atomic E-state index is 0.00666. The van der Waals surface area contributed by atoms with Crippen molar-refractivity contribution in [3.8, 4) is 0 Å². The molecule has 0 radical (unpaired) electrons. The van der Waals surface area contributed by atoms with Gasteiger partial charge in [-0.2, -0.15) is 0 Å². The van der Waals surface area contributed by atoms with E-state index in [2.05, 4.69) is 54.5 Å². The zero-order chi connectivity index (χ0) is 16.7. The van der Waals surface area contributed by atoms with Crippen LogP contribution in [0.1, 0.15) is 43.1 Å². The summed E-state index contributed by atoms with van der Waals surface area (Å²) in [6, 6.07) is 8.50. The SMILES string of the molecule is CCN(Cc1ccc(C(=O)NCC2=CCNCC2)cc1)C(C)C. The number of rotatable bonds is 7. The molecule has 4 heteroatoms. The van der Waals surface area contributed by atoms with Crippen LogP contribution in [-0.2, 0) is 6.54 Å². The fraction of sp³-hybridized carbons (Fsp3) is 0.526. The molecule has 2 N–H and O–H groups in total. The molecule has 1 aliphatic heterocycles. The van der Waals surface area contributed by atoms with Crippen molar-refractivity contribution < 1.29 is 4.79 Å². The lowest BCUT2D eigenvalue weighted by molar-refractivity contribution is 0.0956. The van der Waals surface area contributed by atoms with Crippen LogP contribution in [0.2, 0.25) is 0 Å². The molecule has 0 unspecified atom stereocenters. The Morgan fingerprint density at radius 2 is 2.04 bits per heavy atom. The third-order valence-corrected chi connectivity index (χ3v) is 4.37. The molecule has 1 aromatic carbocycles. The summed E-state index contributed by atoms with van der Waals surface area (Å²) in [6.07, 6.45) is 3.18. The minimum Gasteiger partial charge on any atom is -0.348 e. The van der Waals surface area contributed by atoms with Crippen LogP contribution in [0, 0.1) is 0 Å². The molecule has 1 heterocycles.